The predicted octanol–water partition coefficient (Wildman–Crippen LogP) is 9.42. The monoisotopic (exact) mass is 459 g/mol. The van der Waals surface area contributed by atoms with Crippen molar-refractivity contribution in [1.29, 1.82) is 0 Å². The van der Waals surface area contributed by atoms with Crippen molar-refractivity contribution in [3.8, 4) is 55.6 Å². The average Bonchev–Trinajstić information content (AvgIpc) is 2.98. The Morgan fingerprint density at radius 1 is 0.333 bits per heavy atom. The Morgan fingerprint density at radius 2 is 0.722 bits per heavy atom. The van der Waals surface area contributed by atoms with Crippen molar-refractivity contribution in [2.45, 2.75) is 0 Å². The molecule has 0 amide bonds. The van der Waals surface area contributed by atoms with Gasteiger partial charge in [-0.1, -0.05) is 127 Å². The summed E-state index contributed by atoms with van der Waals surface area (Å²) in [5.41, 5.74) is 11.9. The lowest BCUT2D eigenvalue weighted by Gasteiger charge is -2.24. The van der Waals surface area contributed by atoms with Gasteiger partial charge in [-0.15, -0.1) is 0 Å². The van der Waals surface area contributed by atoms with E-state index in [-0.39, 0.29) is 0 Å². The summed E-state index contributed by atoms with van der Waals surface area (Å²) in [6, 6.07) is 49.5. The molecule has 0 saturated carbocycles. The van der Waals surface area contributed by atoms with E-state index in [0.717, 1.165) is 5.56 Å². The Bertz CT molecular complexity index is 1470. The van der Waals surface area contributed by atoms with Crippen molar-refractivity contribution < 1.29 is 0 Å². The molecule has 0 atom stereocenters. The number of hydrogen-bond acceptors (Lipinski definition) is 1. The van der Waals surface area contributed by atoms with Crippen LogP contribution in [0.4, 0.5) is 0 Å². The van der Waals surface area contributed by atoms with Crippen LogP contribution < -0.4 is 0 Å². The molecule has 0 aliphatic heterocycles. The van der Waals surface area contributed by atoms with Gasteiger partial charge in [-0.05, 0) is 62.2 Å². The Kier molecular flexibility index (Phi) is 5.96. The van der Waals surface area contributed by atoms with Crippen molar-refractivity contribution in [2.24, 2.45) is 0 Å². The summed E-state index contributed by atoms with van der Waals surface area (Å²) < 4.78 is 0. The fourth-order valence-electron chi connectivity index (χ4n) is 4.98. The molecular weight excluding hydrogens is 434 g/mol. The van der Waals surface area contributed by atoms with E-state index in [1.807, 2.05) is 18.5 Å². The quantitative estimate of drug-likeness (QED) is 0.250. The van der Waals surface area contributed by atoms with Crippen LogP contribution in [0, 0.1) is 0 Å². The minimum Gasteiger partial charge on any atom is -0.264 e. The first-order valence-electron chi connectivity index (χ1n) is 12.2. The molecule has 0 spiro atoms. The van der Waals surface area contributed by atoms with Crippen LogP contribution in [-0.2, 0) is 0 Å². The fourth-order valence-corrected chi connectivity index (χ4v) is 4.98. The van der Waals surface area contributed by atoms with Crippen molar-refractivity contribution in [3.63, 3.8) is 0 Å². The molecule has 0 N–H and O–H groups in total. The van der Waals surface area contributed by atoms with Gasteiger partial charge in [0.05, 0.1) is 0 Å². The molecule has 1 aromatic heterocycles. The van der Waals surface area contributed by atoms with Gasteiger partial charge < -0.3 is 0 Å². The van der Waals surface area contributed by atoms with Crippen LogP contribution in [0.5, 0.6) is 0 Å². The zero-order chi connectivity index (χ0) is 24.2. The van der Waals surface area contributed by atoms with Gasteiger partial charge in [0.1, 0.15) is 0 Å². The van der Waals surface area contributed by atoms with Gasteiger partial charge in [0.2, 0.25) is 0 Å². The third kappa shape index (κ3) is 4.12. The Hall–Kier alpha value is -4.75. The number of benzene rings is 5. The second-order valence-corrected chi connectivity index (χ2v) is 8.80. The molecule has 0 aliphatic rings. The topological polar surface area (TPSA) is 12.9 Å². The Morgan fingerprint density at radius 3 is 1.17 bits per heavy atom. The van der Waals surface area contributed by atoms with Crippen LogP contribution in [0.25, 0.3) is 55.6 Å². The number of aromatic nitrogens is 1. The van der Waals surface area contributed by atoms with Crippen LogP contribution >= 0.6 is 0 Å². The molecule has 0 fully saturated rings. The van der Waals surface area contributed by atoms with Crippen LogP contribution in [0.3, 0.4) is 0 Å². The molecule has 6 rings (SSSR count). The molecule has 1 heterocycles. The van der Waals surface area contributed by atoms with Crippen LogP contribution in [0.15, 0.2) is 152 Å². The van der Waals surface area contributed by atoms with Crippen molar-refractivity contribution in [2.75, 3.05) is 0 Å². The first-order valence-corrected chi connectivity index (χ1v) is 12.2. The zero-order valence-electron chi connectivity index (χ0n) is 19.9. The van der Waals surface area contributed by atoms with E-state index in [2.05, 4.69) is 138 Å². The zero-order valence-corrected chi connectivity index (χ0v) is 19.9. The largest absolute Gasteiger partial charge is 0.264 e. The highest BCUT2D eigenvalue weighted by Gasteiger charge is 2.23. The average molecular weight is 460 g/mol. The van der Waals surface area contributed by atoms with E-state index in [4.69, 9.17) is 0 Å². The molecule has 1 heteroatoms. The summed E-state index contributed by atoms with van der Waals surface area (Å²) in [6.45, 7) is 0. The minimum absolute atomic E-state index is 1.10. The van der Waals surface area contributed by atoms with Crippen molar-refractivity contribution in [3.05, 3.63) is 152 Å². The van der Waals surface area contributed by atoms with E-state index < -0.39 is 0 Å². The van der Waals surface area contributed by atoms with Crippen molar-refractivity contribution in [1.82, 2.24) is 4.98 Å². The Labute approximate surface area is 212 Å². The van der Waals surface area contributed by atoms with E-state index >= 15 is 0 Å². The first-order chi connectivity index (χ1) is 17.9. The van der Waals surface area contributed by atoms with Gasteiger partial charge in [-0.3, -0.25) is 4.98 Å². The smallest absolute Gasteiger partial charge is 0.0346 e. The third-order valence-corrected chi connectivity index (χ3v) is 6.57. The summed E-state index contributed by atoms with van der Waals surface area (Å²) in [5.74, 6) is 0. The number of rotatable bonds is 5. The predicted molar refractivity (Wildman–Crippen MR) is 151 cm³/mol. The lowest BCUT2D eigenvalue weighted by atomic mass is 9.79. The van der Waals surface area contributed by atoms with E-state index in [9.17, 15) is 0 Å². The number of pyridine rings is 1. The van der Waals surface area contributed by atoms with Gasteiger partial charge in [0, 0.05) is 18.0 Å². The second-order valence-electron chi connectivity index (χ2n) is 8.80. The van der Waals surface area contributed by atoms with E-state index in [1.54, 1.807) is 0 Å². The lowest BCUT2D eigenvalue weighted by molar-refractivity contribution is 1.33. The minimum atomic E-state index is 1.10. The highest BCUT2D eigenvalue weighted by atomic mass is 14.6. The van der Waals surface area contributed by atoms with Gasteiger partial charge in [0.25, 0.3) is 0 Å². The maximum atomic E-state index is 4.48. The van der Waals surface area contributed by atoms with E-state index in [1.165, 1.54) is 50.1 Å². The normalized spacial score (nSPS) is 10.8. The Balaban J connectivity index is 1.84. The molecule has 0 unspecified atom stereocenters. The van der Waals surface area contributed by atoms with Gasteiger partial charge in [-0.2, -0.15) is 0 Å². The molecule has 0 bridgehead atoms. The summed E-state index contributed by atoms with van der Waals surface area (Å²) in [7, 11) is 0. The maximum absolute atomic E-state index is 4.48. The highest BCUT2D eigenvalue weighted by molar-refractivity contribution is 6.07. The second kappa shape index (κ2) is 9.85. The standard InChI is InChI=1S/C35H25N/c1-5-14-26(15-6-1)31-24-32(30-22-13-23-36-25-30)34(28-18-9-3-10-19-28)35(29-20-11-4-12-21-29)33(31)27-16-7-2-8-17-27/h1-25H. The van der Waals surface area contributed by atoms with Crippen molar-refractivity contribution >= 4 is 0 Å². The lowest BCUT2D eigenvalue weighted by Crippen LogP contribution is -1.98. The third-order valence-electron chi connectivity index (χ3n) is 6.57. The van der Waals surface area contributed by atoms with Gasteiger partial charge in [0.15, 0.2) is 0 Å². The maximum Gasteiger partial charge on any atom is 0.0346 e. The number of hydrogen-bond donors (Lipinski definition) is 0. The number of nitrogens with zero attached hydrogens (tertiary/aromatic N) is 1. The molecule has 1 nitrogen and oxygen atoms in total. The van der Waals surface area contributed by atoms with Crippen LogP contribution in [-0.4, -0.2) is 4.98 Å². The summed E-state index contributed by atoms with van der Waals surface area (Å²) in [5, 5.41) is 0. The summed E-state index contributed by atoms with van der Waals surface area (Å²) in [4.78, 5) is 4.48. The SMILES string of the molecule is c1ccc(-c2cc(-c3cccnc3)c(-c3ccccc3)c(-c3ccccc3)c2-c2ccccc2)cc1. The summed E-state index contributed by atoms with van der Waals surface area (Å²) in [6.07, 6.45) is 3.80. The molecule has 0 saturated heterocycles. The van der Waals surface area contributed by atoms with Crippen LogP contribution in [0.1, 0.15) is 0 Å². The molecule has 170 valence electrons. The van der Waals surface area contributed by atoms with Crippen LogP contribution in [0.2, 0.25) is 0 Å². The molecule has 6 aromatic rings. The highest BCUT2D eigenvalue weighted by Crippen LogP contribution is 2.49. The van der Waals surface area contributed by atoms with E-state index in [0.29, 0.717) is 0 Å². The first kappa shape index (κ1) is 21.8. The molecule has 5 aromatic carbocycles. The fraction of sp³-hybridized carbons (Fsp3) is 0. The summed E-state index contributed by atoms with van der Waals surface area (Å²) >= 11 is 0. The molecular formula is C35H25N. The van der Waals surface area contributed by atoms with Gasteiger partial charge >= 0.3 is 0 Å². The molecule has 0 aliphatic carbocycles. The van der Waals surface area contributed by atoms with Gasteiger partial charge in [-0.25, -0.2) is 0 Å². The molecule has 0 radical (unpaired) electrons. The molecule has 36 heavy (non-hydrogen) atoms.